The average molecular weight is 1050 g/mol. The molecule has 0 unspecified atom stereocenters. The first-order chi connectivity index (χ1) is 39.1. The molecule has 13 rings (SSSR count). The van der Waals surface area contributed by atoms with Crippen LogP contribution >= 0.6 is 0 Å². The van der Waals surface area contributed by atoms with Crippen molar-refractivity contribution in [3.63, 3.8) is 0 Å². The van der Waals surface area contributed by atoms with Gasteiger partial charge in [0.05, 0.1) is 11.4 Å². The van der Waals surface area contributed by atoms with Crippen molar-refractivity contribution in [3.05, 3.63) is 271 Å². The Morgan fingerprint density at radius 3 is 0.778 bits per heavy atom. The molecular weight excluding hydrogens is 976 g/mol. The molecule has 3 heteroatoms. The topological polar surface area (TPSA) is 6.48 Å². The molecule has 0 spiro atoms. The van der Waals surface area contributed by atoms with Crippen LogP contribution in [0.2, 0.25) is 0 Å². The maximum atomic E-state index is 2.69. The van der Waals surface area contributed by atoms with Gasteiger partial charge in [-0.3, -0.25) is 0 Å². The standard InChI is InChI=1S/C78H69BN2/c1-76(2,3)60-46-63(54-32-20-12-21-33-54)74(64(47-60)55-34-22-13-23-35-55)80-69-42-40-58(52-28-16-10-17-29-52)44-67(69)79-68-45-59(53-30-18-11-19-31-53)41-43-70(68)81(72-51-62(78(7,8)9)50-71(80)73(72)79)75-65(56-36-24-14-25-37-56)48-61(77(4,5)6)49-66(75)57-38-26-15-27-39-57/h10-51H,1-9H3. The molecule has 0 atom stereocenters. The maximum Gasteiger partial charge on any atom is 0.252 e. The molecule has 0 saturated carbocycles. The summed E-state index contributed by atoms with van der Waals surface area (Å²) in [7, 11) is 0. The van der Waals surface area contributed by atoms with Crippen LogP contribution in [-0.4, -0.2) is 6.71 Å². The Morgan fingerprint density at radius 2 is 0.506 bits per heavy atom. The molecule has 0 aromatic heterocycles. The third-order valence-corrected chi connectivity index (χ3v) is 16.9. The van der Waals surface area contributed by atoms with Gasteiger partial charge in [-0.1, -0.05) is 269 Å². The number of hydrogen-bond acceptors (Lipinski definition) is 2. The maximum absolute atomic E-state index is 2.69. The van der Waals surface area contributed by atoms with E-state index in [0.29, 0.717) is 0 Å². The Labute approximate surface area is 481 Å². The summed E-state index contributed by atoms with van der Waals surface area (Å²) in [6, 6.07) is 96.1. The Kier molecular flexibility index (Phi) is 12.7. The fourth-order valence-corrected chi connectivity index (χ4v) is 12.5. The Hall–Kier alpha value is -8.92. The molecular formula is C78H69BN2. The lowest BCUT2D eigenvalue weighted by atomic mass is 9.33. The van der Waals surface area contributed by atoms with E-state index in [1.807, 2.05) is 0 Å². The highest BCUT2D eigenvalue weighted by Gasteiger charge is 2.46. The van der Waals surface area contributed by atoms with Crippen molar-refractivity contribution in [1.29, 1.82) is 0 Å². The minimum atomic E-state index is -0.242. The number of hydrogen-bond donors (Lipinski definition) is 0. The van der Waals surface area contributed by atoms with Crippen molar-refractivity contribution < 1.29 is 0 Å². The molecule has 2 nitrogen and oxygen atoms in total. The van der Waals surface area contributed by atoms with Gasteiger partial charge in [-0.15, -0.1) is 0 Å². The largest absolute Gasteiger partial charge is 0.310 e. The van der Waals surface area contributed by atoms with Crippen LogP contribution in [0.4, 0.5) is 34.1 Å². The van der Waals surface area contributed by atoms with E-state index in [1.54, 1.807) is 0 Å². The van der Waals surface area contributed by atoms with E-state index in [9.17, 15) is 0 Å². The molecule has 0 N–H and O–H groups in total. The third kappa shape index (κ3) is 9.29. The second-order valence-electron chi connectivity index (χ2n) is 25.4. The second kappa shape index (κ2) is 20.0. The summed E-state index contributed by atoms with van der Waals surface area (Å²) in [6.45, 7) is 21.1. The number of fused-ring (bicyclic) bond motifs is 4. The third-order valence-electron chi connectivity index (χ3n) is 16.9. The van der Waals surface area contributed by atoms with Gasteiger partial charge in [0.25, 0.3) is 6.71 Å². The molecule has 0 fully saturated rings. The van der Waals surface area contributed by atoms with Gasteiger partial charge in [0.2, 0.25) is 0 Å². The van der Waals surface area contributed by atoms with Crippen molar-refractivity contribution in [2.75, 3.05) is 9.80 Å². The van der Waals surface area contributed by atoms with Crippen LogP contribution in [0.15, 0.2) is 255 Å². The molecule has 0 bridgehead atoms. The minimum absolute atomic E-state index is 0.136. The summed E-state index contributed by atoms with van der Waals surface area (Å²) in [4.78, 5) is 5.38. The first-order valence-corrected chi connectivity index (χ1v) is 28.9. The smallest absolute Gasteiger partial charge is 0.252 e. The van der Waals surface area contributed by atoms with Crippen LogP contribution < -0.4 is 26.2 Å². The lowest BCUT2D eigenvalue weighted by Gasteiger charge is -2.47. The zero-order valence-corrected chi connectivity index (χ0v) is 48.2. The number of anilines is 6. The van der Waals surface area contributed by atoms with E-state index in [0.717, 1.165) is 0 Å². The quantitative estimate of drug-likeness (QED) is 0.140. The van der Waals surface area contributed by atoms with Crippen molar-refractivity contribution >= 4 is 57.2 Å². The SMILES string of the molecule is CC(C)(C)c1cc(-c2ccccc2)c(N2c3ccc(-c4ccccc4)cc3B3c4cc(-c5ccccc5)ccc4N(c4c(-c5ccccc5)cc(C(C)(C)C)cc4-c4ccccc4)c4cc(C(C)(C)C)cc2c43)c(-c2ccccc2)c1. The van der Waals surface area contributed by atoms with Gasteiger partial charge in [-0.05, 0) is 142 Å². The molecule has 11 aromatic rings. The molecule has 11 aromatic carbocycles. The van der Waals surface area contributed by atoms with Gasteiger partial charge in [0.15, 0.2) is 0 Å². The van der Waals surface area contributed by atoms with Gasteiger partial charge >= 0.3 is 0 Å². The number of benzene rings is 11. The van der Waals surface area contributed by atoms with E-state index < -0.39 is 0 Å². The van der Waals surface area contributed by atoms with Gasteiger partial charge in [0, 0.05) is 45.0 Å². The lowest BCUT2D eigenvalue weighted by Crippen LogP contribution is -2.61. The molecule has 2 aliphatic rings. The highest BCUT2D eigenvalue weighted by molar-refractivity contribution is 7.00. The summed E-state index contributed by atoms with van der Waals surface area (Å²) in [5.74, 6) is 0. The molecule has 0 aliphatic carbocycles. The summed E-state index contributed by atoms with van der Waals surface area (Å²) in [5, 5.41) is 0. The lowest BCUT2D eigenvalue weighted by molar-refractivity contribution is 0.590. The zero-order valence-electron chi connectivity index (χ0n) is 48.2. The molecule has 394 valence electrons. The Balaban J connectivity index is 1.24. The summed E-state index contributed by atoms with van der Waals surface area (Å²) >= 11 is 0. The first kappa shape index (κ1) is 51.5. The van der Waals surface area contributed by atoms with Crippen LogP contribution in [0.25, 0.3) is 66.8 Å². The minimum Gasteiger partial charge on any atom is -0.310 e. The van der Waals surface area contributed by atoms with E-state index >= 15 is 0 Å². The molecule has 2 heterocycles. The summed E-state index contributed by atoms with van der Waals surface area (Å²) in [5.41, 5.74) is 28.5. The molecule has 2 aliphatic heterocycles. The van der Waals surface area contributed by atoms with Crippen LogP contribution in [-0.2, 0) is 16.2 Å². The van der Waals surface area contributed by atoms with Crippen molar-refractivity contribution in [2.45, 2.75) is 78.6 Å². The van der Waals surface area contributed by atoms with E-state index in [4.69, 9.17) is 0 Å². The van der Waals surface area contributed by atoms with Crippen LogP contribution in [0.3, 0.4) is 0 Å². The van der Waals surface area contributed by atoms with Crippen LogP contribution in [0, 0.1) is 0 Å². The van der Waals surface area contributed by atoms with Gasteiger partial charge in [-0.2, -0.15) is 0 Å². The first-order valence-electron chi connectivity index (χ1n) is 28.9. The predicted octanol–water partition coefficient (Wildman–Crippen LogP) is 19.7. The Morgan fingerprint density at radius 1 is 0.247 bits per heavy atom. The highest BCUT2D eigenvalue weighted by Crippen LogP contribution is 2.55. The van der Waals surface area contributed by atoms with Gasteiger partial charge in [-0.25, -0.2) is 0 Å². The van der Waals surface area contributed by atoms with Crippen molar-refractivity contribution in [1.82, 2.24) is 0 Å². The summed E-state index contributed by atoms with van der Waals surface area (Å²) in [6.07, 6.45) is 0. The van der Waals surface area contributed by atoms with E-state index in [2.05, 4.69) is 327 Å². The molecule has 0 amide bonds. The zero-order chi connectivity index (χ0) is 55.8. The average Bonchev–Trinajstić information content (AvgIpc) is 2.88. The monoisotopic (exact) mass is 1040 g/mol. The number of rotatable bonds is 8. The fourth-order valence-electron chi connectivity index (χ4n) is 12.5. The Bertz CT molecular complexity index is 3750. The van der Waals surface area contributed by atoms with E-state index in [1.165, 1.54) is 134 Å². The summed E-state index contributed by atoms with van der Waals surface area (Å²) < 4.78 is 0. The molecule has 0 radical (unpaired) electrons. The second-order valence-corrected chi connectivity index (χ2v) is 25.4. The highest BCUT2D eigenvalue weighted by atomic mass is 15.2. The van der Waals surface area contributed by atoms with Crippen molar-refractivity contribution in [2.24, 2.45) is 0 Å². The number of nitrogens with zero attached hydrogens (tertiary/aromatic N) is 2. The van der Waals surface area contributed by atoms with Gasteiger partial charge in [0.1, 0.15) is 0 Å². The van der Waals surface area contributed by atoms with E-state index in [-0.39, 0.29) is 23.0 Å². The normalized spacial score (nSPS) is 12.9. The fraction of sp³-hybridized carbons (Fsp3) is 0.154. The van der Waals surface area contributed by atoms with Gasteiger partial charge < -0.3 is 9.80 Å². The molecule has 81 heavy (non-hydrogen) atoms. The molecule has 0 saturated heterocycles. The predicted molar refractivity (Wildman–Crippen MR) is 349 cm³/mol. The van der Waals surface area contributed by atoms with Crippen LogP contribution in [0.1, 0.15) is 79.0 Å². The van der Waals surface area contributed by atoms with Crippen molar-refractivity contribution in [3.8, 4) is 66.8 Å². The van der Waals surface area contributed by atoms with Crippen LogP contribution in [0.5, 0.6) is 0 Å².